The van der Waals surface area contributed by atoms with Crippen molar-refractivity contribution in [3.63, 3.8) is 0 Å². The highest BCUT2D eigenvalue weighted by atomic mass is 16.5. The third kappa shape index (κ3) is 1.82. The number of fused-ring (bicyclic) bond motifs is 1. The molecule has 1 N–H and O–H groups in total. The van der Waals surface area contributed by atoms with Crippen molar-refractivity contribution in [1.29, 1.82) is 0 Å². The van der Waals surface area contributed by atoms with Crippen LogP contribution in [-0.2, 0) is 11.8 Å². The van der Waals surface area contributed by atoms with Gasteiger partial charge in [0, 0.05) is 17.4 Å². The maximum absolute atomic E-state index is 9.45. The number of benzene rings is 1. The molecule has 0 radical (unpaired) electrons. The van der Waals surface area contributed by atoms with Crippen LogP contribution in [-0.4, -0.2) is 17.3 Å². The van der Waals surface area contributed by atoms with E-state index in [4.69, 9.17) is 4.74 Å². The van der Waals surface area contributed by atoms with Crippen LogP contribution in [0.5, 0.6) is 5.75 Å². The second kappa shape index (κ2) is 3.49. The zero-order valence-electron chi connectivity index (χ0n) is 10.5. The second-order valence-electron chi connectivity index (χ2n) is 5.87. The number of rotatable bonds is 2. The third-order valence-corrected chi connectivity index (χ3v) is 3.22. The molecular formula is C14H20O2. The van der Waals surface area contributed by atoms with Crippen molar-refractivity contribution in [3.8, 4) is 5.75 Å². The van der Waals surface area contributed by atoms with Gasteiger partial charge in [-0.05, 0) is 19.4 Å². The molecule has 0 saturated carbocycles. The summed E-state index contributed by atoms with van der Waals surface area (Å²) in [7, 11) is 0. The van der Waals surface area contributed by atoms with Crippen LogP contribution in [0.15, 0.2) is 18.2 Å². The Morgan fingerprint density at radius 3 is 2.69 bits per heavy atom. The van der Waals surface area contributed by atoms with E-state index in [0.29, 0.717) is 0 Å². The Morgan fingerprint density at radius 2 is 2.06 bits per heavy atom. The number of ether oxygens (including phenoxy) is 1. The van der Waals surface area contributed by atoms with Crippen LogP contribution in [0.1, 0.15) is 38.8 Å². The predicted molar refractivity (Wildman–Crippen MR) is 65.0 cm³/mol. The van der Waals surface area contributed by atoms with Crippen molar-refractivity contribution in [2.24, 2.45) is 0 Å². The average molecular weight is 220 g/mol. The molecule has 1 aromatic rings. The van der Waals surface area contributed by atoms with Gasteiger partial charge < -0.3 is 9.84 Å². The number of para-hydroxylation sites is 1. The van der Waals surface area contributed by atoms with E-state index in [0.717, 1.165) is 17.7 Å². The van der Waals surface area contributed by atoms with Crippen LogP contribution in [0.2, 0.25) is 0 Å². The minimum Gasteiger partial charge on any atom is -0.487 e. The topological polar surface area (TPSA) is 29.5 Å². The molecule has 0 fully saturated rings. The van der Waals surface area contributed by atoms with Gasteiger partial charge >= 0.3 is 0 Å². The summed E-state index contributed by atoms with van der Waals surface area (Å²) in [6, 6.07) is 6.22. The average Bonchev–Trinajstić information content (AvgIpc) is 2.50. The summed E-state index contributed by atoms with van der Waals surface area (Å²) in [5, 5.41) is 9.45. The zero-order chi connectivity index (χ0) is 12.0. The van der Waals surface area contributed by atoms with Gasteiger partial charge in [0.25, 0.3) is 0 Å². The lowest BCUT2D eigenvalue weighted by molar-refractivity contribution is 0.132. The highest BCUT2D eigenvalue weighted by Gasteiger charge is 2.35. The first kappa shape index (κ1) is 11.5. The van der Waals surface area contributed by atoms with E-state index in [1.807, 2.05) is 13.8 Å². The first-order chi connectivity index (χ1) is 7.36. The molecule has 0 spiro atoms. The lowest BCUT2D eigenvalue weighted by Gasteiger charge is -2.26. The molecule has 1 aliphatic heterocycles. The molecule has 2 heteroatoms. The first-order valence-corrected chi connectivity index (χ1v) is 5.78. The largest absolute Gasteiger partial charge is 0.487 e. The quantitative estimate of drug-likeness (QED) is 0.830. The van der Waals surface area contributed by atoms with E-state index in [2.05, 4.69) is 32.0 Å². The molecule has 1 aromatic carbocycles. The van der Waals surface area contributed by atoms with Crippen molar-refractivity contribution in [2.75, 3.05) is 6.61 Å². The highest BCUT2D eigenvalue weighted by molar-refractivity contribution is 5.49. The summed E-state index contributed by atoms with van der Waals surface area (Å²) >= 11 is 0. The van der Waals surface area contributed by atoms with Crippen LogP contribution in [0.25, 0.3) is 0 Å². The van der Waals surface area contributed by atoms with E-state index in [-0.39, 0.29) is 17.6 Å². The van der Waals surface area contributed by atoms with Crippen LogP contribution in [0, 0.1) is 0 Å². The van der Waals surface area contributed by atoms with Crippen molar-refractivity contribution < 1.29 is 9.84 Å². The Kier molecular flexibility index (Phi) is 2.50. The molecule has 0 saturated heterocycles. The van der Waals surface area contributed by atoms with Crippen LogP contribution >= 0.6 is 0 Å². The van der Waals surface area contributed by atoms with Gasteiger partial charge in [-0.25, -0.2) is 0 Å². The van der Waals surface area contributed by atoms with E-state index < -0.39 is 0 Å². The van der Waals surface area contributed by atoms with Gasteiger partial charge in [-0.15, -0.1) is 0 Å². The third-order valence-electron chi connectivity index (χ3n) is 3.22. The van der Waals surface area contributed by atoms with Crippen LogP contribution in [0.4, 0.5) is 0 Å². The Bertz CT molecular complexity index is 405. The van der Waals surface area contributed by atoms with E-state index in [1.54, 1.807) is 0 Å². The van der Waals surface area contributed by atoms with Crippen molar-refractivity contribution in [1.82, 2.24) is 0 Å². The SMILES string of the molecule is CC1(C)Cc2cccc(C(C)(C)CO)c2O1. The molecule has 1 aliphatic rings. The smallest absolute Gasteiger partial charge is 0.127 e. The molecule has 0 unspecified atom stereocenters. The number of hydrogen-bond acceptors (Lipinski definition) is 2. The van der Waals surface area contributed by atoms with Crippen LogP contribution < -0.4 is 4.74 Å². The van der Waals surface area contributed by atoms with Crippen molar-refractivity contribution in [3.05, 3.63) is 29.3 Å². The van der Waals surface area contributed by atoms with Gasteiger partial charge in [-0.1, -0.05) is 32.0 Å². The summed E-state index contributed by atoms with van der Waals surface area (Å²) in [4.78, 5) is 0. The monoisotopic (exact) mass is 220 g/mol. The normalized spacial score (nSPS) is 18.1. The molecule has 2 rings (SSSR count). The standard InChI is InChI=1S/C14H20O2/c1-13(2,9-15)11-7-5-6-10-8-14(3,4)16-12(10)11/h5-7,15H,8-9H2,1-4H3. The summed E-state index contributed by atoms with van der Waals surface area (Å²) < 4.78 is 6.00. The summed E-state index contributed by atoms with van der Waals surface area (Å²) in [5.41, 5.74) is 2.00. The molecule has 2 nitrogen and oxygen atoms in total. The van der Waals surface area contributed by atoms with Gasteiger partial charge in [0.15, 0.2) is 0 Å². The maximum atomic E-state index is 9.45. The van der Waals surface area contributed by atoms with E-state index >= 15 is 0 Å². The lowest BCUT2D eigenvalue weighted by Crippen LogP contribution is -2.27. The number of hydrogen-bond donors (Lipinski definition) is 1. The van der Waals surface area contributed by atoms with E-state index in [1.165, 1.54) is 5.56 Å². The fraction of sp³-hybridized carbons (Fsp3) is 0.571. The van der Waals surface area contributed by atoms with Gasteiger partial charge in [0.2, 0.25) is 0 Å². The molecule has 0 amide bonds. The maximum Gasteiger partial charge on any atom is 0.127 e. The second-order valence-corrected chi connectivity index (χ2v) is 5.87. The Labute approximate surface area is 97.3 Å². The molecule has 0 aliphatic carbocycles. The summed E-state index contributed by atoms with van der Waals surface area (Å²) in [6.45, 7) is 8.41. The molecule has 88 valence electrons. The first-order valence-electron chi connectivity index (χ1n) is 5.78. The van der Waals surface area contributed by atoms with Gasteiger partial charge in [0.05, 0.1) is 6.61 Å². The van der Waals surface area contributed by atoms with Crippen molar-refractivity contribution in [2.45, 2.75) is 45.1 Å². The number of aliphatic hydroxyl groups excluding tert-OH is 1. The Morgan fingerprint density at radius 1 is 1.38 bits per heavy atom. The van der Waals surface area contributed by atoms with Crippen molar-refractivity contribution >= 4 is 0 Å². The molecule has 0 aromatic heterocycles. The predicted octanol–water partition coefficient (Wildman–Crippen LogP) is 2.67. The lowest BCUT2D eigenvalue weighted by atomic mass is 9.84. The van der Waals surface area contributed by atoms with Gasteiger partial charge in [-0.3, -0.25) is 0 Å². The van der Waals surface area contributed by atoms with Crippen LogP contribution in [0.3, 0.4) is 0 Å². The van der Waals surface area contributed by atoms with Gasteiger partial charge in [-0.2, -0.15) is 0 Å². The molecule has 0 atom stereocenters. The molecule has 1 heterocycles. The summed E-state index contributed by atoms with van der Waals surface area (Å²) in [6.07, 6.45) is 0.942. The molecule has 16 heavy (non-hydrogen) atoms. The summed E-state index contributed by atoms with van der Waals surface area (Å²) in [5.74, 6) is 0.978. The zero-order valence-corrected chi connectivity index (χ0v) is 10.5. The van der Waals surface area contributed by atoms with E-state index in [9.17, 15) is 5.11 Å². The fourth-order valence-corrected chi connectivity index (χ4v) is 2.23. The highest BCUT2D eigenvalue weighted by Crippen LogP contribution is 2.42. The minimum absolute atomic E-state index is 0.121. The Hall–Kier alpha value is -1.02. The number of aliphatic hydroxyl groups is 1. The molecular weight excluding hydrogens is 200 g/mol. The Balaban J connectivity index is 2.49. The minimum atomic E-state index is -0.244. The van der Waals surface area contributed by atoms with Gasteiger partial charge in [0.1, 0.15) is 11.4 Å². The molecule has 0 bridgehead atoms. The fourth-order valence-electron chi connectivity index (χ4n) is 2.23.